The van der Waals surface area contributed by atoms with Crippen molar-refractivity contribution in [1.82, 2.24) is 0 Å². The van der Waals surface area contributed by atoms with Gasteiger partial charge in [0.2, 0.25) is 0 Å². The molecule has 0 unspecified atom stereocenters. The Morgan fingerprint density at radius 1 is 1.38 bits per heavy atom. The summed E-state index contributed by atoms with van der Waals surface area (Å²) in [6.45, 7) is 8.83. The van der Waals surface area contributed by atoms with Crippen molar-refractivity contribution in [3.05, 3.63) is 23.8 Å². The predicted molar refractivity (Wildman–Crippen MR) is 86.6 cm³/mol. The van der Waals surface area contributed by atoms with Crippen LogP contribution in [-0.2, 0) is 4.74 Å². The zero-order valence-electron chi connectivity index (χ0n) is 13.3. The fraction of sp³-hybridized carbons (Fsp3) is 0.588. The van der Waals surface area contributed by atoms with Gasteiger partial charge in [-0.25, -0.2) is 4.79 Å². The maximum Gasteiger partial charge on any atom is 0.338 e. The van der Waals surface area contributed by atoms with Gasteiger partial charge in [-0.1, -0.05) is 13.8 Å². The molecule has 4 nitrogen and oxygen atoms in total. The van der Waals surface area contributed by atoms with Gasteiger partial charge in [0.1, 0.15) is 0 Å². The first-order valence-electron chi connectivity index (χ1n) is 7.84. The van der Waals surface area contributed by atoms with Crippen molar-refractivity contribution in [2.45, 2.75) is 33.6 Å². The summed E-state index contributed by atoms with van der Waals surface area (Å²) in [7, 11) is 0. The number of piperidine rings is 1. The van der Waals surface area contributed by atoms with Crippen LogP contribution < -0.4 is 10.6 Å². The topological polar surface area (TPSA) is 55.6 Å². The third-order valence-electron chi connectivity index (χ3n) is 4.36. The number of ether oxygens (including phenoxy) is 1. The predicted octanol–water partition coefficient (Wildman–Crippen LogP) is 3.32. The summed E-state index contributed by atoms with van der Waals surface area (Å²) in [4.78, 5) is 14.0. The number of nitrogens with zero attached hydrogens (tertiary/aromatic N) is 1. The summed E-state index contributed by atoms with van der Waals surface area (Å²) >= 11 is 0. The van der Waals surface area contributed by atoms with E-state index in [2.05, 4.69) is 18.7 Å². The number of hydrogen-bond donors (Lipinski definition) is 1. The van der Waals surface area contributed by atoms with Gasteiger partial charge >= 0.3 is 5.97 Å². The molecule has 1 aromatic carbocycles. The van der Waals surface area contributed by atoms with Gasteiger partial charge in [0.15, 0.2) is 0 Å². The van der Waals surface area contributed by atoms with Gasteiger partial charge < -0.3 is 15.4 Å². The van der Waals surface area contributed by atoms with Crippen molar-refractivity contribution in [2.75, 3.05) is 30.3 Å². The molecule has 0 radical (unpaired) electrons. The molecular formula is C17H26N2O2. The lowest BCUT2D eigenvalue weighted by Crippen LogP contribution is -2.35. The van der Waals surface area contributed by atoms with Crippen LogP contribution in [0, 0.1) is 11.8 Å². The van der Waals surface area contributed by atoms with Gasteiger partial charge in [0.05, 0.1) is 23.5 Å². The molecule has 116 valence electrons. The molecule has 1 heterocycles. The van der Waals surface area contributed by atoms with Gasteiger partial charge in [-0.3, -0.25) is 0 Å². The number of carbonyl (C=O) groups is 1. The van der Waals surface area contributed by atoms with E-state index in [0.717, 1.165) is 30.6 Å². The van der Waals surface area contributed by atoms with Crippen molar-refractivity contribution in [1.29, 1.82) is 0 Å². The molecule has 4 heteroatoms. The Balaban J connectivity index is 2.06. The van der Waals surface area contributed by atoms with Crippen LogP contribution >= 0.6 is 0 Å². The van der Waals surface area contributed by atoms with Gasteiger partial charge in [-0.2, -0.15) is 0 Å². The summed E-state index contributed by atoms with van der Waals surface area (Å²) in [6, 6.07) is 5.47. The second-order valence-corrected chi connectivity index (χ2v) is 6.06. The Morgan fingerprint density at radius 2 is 2.05 bits per heavy atom. The van der Waals surface area contributed by atoms with Crippen molar-refractivity contribution >= 4 is 17.3 Å². The minimum Gasteiger partial charge on any atom is -0.462 e. The first-order valence-corrected chi connectivity index (χ1v) is 7.84. The molecule has 0 aromatic heterocycles. The van der Waals surface area contributed by atoms with E-state index in [1.807, 2.05) is 6.07 Å². The van der Waals surface area contributed by atoms with Crippen LogP contribution in [0.3, 0.4) is 0 Å². The summed E-state index contributed by atoms with van der Waals surface area (Å²) < 4.78 is 5.00. The molecule has 0 saturated carbocycles. The number of anilines is 2. The first-order chi connectivity index (χ1) is 10.0. The lowest BCUT2D eigenvalue weighted by molar-refractivity contribution is 0.0526. The minimum absolute atomic E-state index is 0.311. The fourth-order valence-electron chi connectivity index (χ4n) is 2.99. The Labute approximate surface area is 127 Å². The Morgan fingerprint density at radius 3 is 2.57 bits per heavy atom. The SMILES string of the molecule is CCOC(=O)c1ccc(N2CCC(C(C)C)CC2)c(N)c1. The third-order valence-corrected chi connectivity index (χ3v) is 4.36. The van der Waals surface area contributed by atoms with Crippen LogP contribution in [0.15, 0.2) is 18.2 Å². The second kappa shape index (κ2) is 6.83. The summed E-state index contributed by atoms with van der Waals surface area (Å²) in [5.41, 5.74) is 8.34. The van der Waals surface area contributed by atoms with E-state index in [-0.39, 0.29) is 5.97 Å². The van der Waals surface area contributed by atoms with E-state index in [0.29, 0.717) is 17.9 Å². The average molecular weight is 290 g/mol. The molecule has 2 N–H and O–H groups in total. The molecule has 0 atom stereocenters. The number of carbonyl (C=O) groups excluding carboxylic acids is 1. The molecule has 1 aromatic rings. The standard InChI is InChI=1S/C17H26N2O2/c1-4-21-17(20)14-5-6-16(15(18)11-14)19-9-7-13(8-10-19)12(2)3/h5-6,11-13H,4,7-10,18H2,1-3H3. The maximum atomic E-state index is 11.7. The monoisotopic (exact) mass is 290 g/mol. The lowest BCUT2D eigenvalue weighted by atomic mass is 9.86. The summed E-state index contributed by atoms with van der Waals surface area (Å²) in [6.07, 6.45) is 2.41. The van der Waals surface area contributed by atoms with Gasteiger partial charge in [-0.15, -0.1) is 0 Å². The molecule has 21 heavy (non-hydrogen) atoms. The van der Waals surface area contributed by atoms with Crippen LogP contribution in [0.2, 0.25) is 0 Å². The minimum atomic E-state index is -0.311. The van der Waals surface area contributed by atoms with Crippen molar-refractivity contribution in [3.8, 4) is 0 Å². The second-order valence-electron chi connectivity index (χ2n) is 6.06. The zero-order valence-corrected chi connectivity index (χ0v) is 13.3. The molecule has 0 amide bonds. The quantitative estimate of drug-likeness (QED) is 0.682. The van der Waals surface area contributed by atoms with Crippen LogP contribution in [0.1, 0.15) is 44.0 Å². The summed E-state index contributed by atoms with van der Waals surface area (Å²) in [5.74, 6) is 1.24. The number of rotatable bonds is 4. The van der Waals surface area contributed by atoms with Crippen LogP contribution in [0.4, 0.5) is 11.4 Å². The normalized spacial score (nSPS) is 16.3. The van der Waals surface area contributed by atoms with E-state index in [1.165, 1.54) is 12.8 Å². The summed E-state index contributed by atoms with van der Waals surface area (Å²) in [5, 5.41) is 0. The molecule has 0 spiro atoms. The van der Waals surface area contributed by atoms with Crippen molar-refractivity contribution in [3.63, 3.8) is 0 Å². The number of esters is 1. The highest BCUT2D eigenvalue weighted by atomic mass is 16.5. The lowest BCUT2D eigenvalue weighted by Gasteiger charge is -2.36. The highest BCUT2D eigenvalue weighted by Gasteiger charge is 2.23. The maximum absolute atomic E-state index is 11.7. The smallest absolute Gasteiger partial charge is 0.338 e. The highest BCUT2D eigenvalue weighted by molar-refractivity contribution is 5.92. The highest BCUT2D eigenvalue weighted by Crippen LogP contribution is 2.31. The Kier molecular flexibility index (Phi) is 5.10. The van der Waals surface area contributed by atoms with E-state index >= 15 is 0 Å². The van der Waals surface area contributed by atoms with Gasteiger partial charge in [-0.05, 0) is 49.8 Å². The van der Waals surface area contributed by atoms with Crippen LogP contribution in [0.25, 0.3) is 0 Å². The molecule has 2 rings (SSSR count). The Hall–Kier alpha value is -1.71. The molecule has 1 fully saturated rings. The molecule has 1 saturated heterocycles. The Bertz CT molecular complexity index is 492. The van der Waals surface area contributed by atoms with Gasteiger partial charge in [0.25, 0.3) is 0 Å². The van der Waals surface area contributed by atoms with Gasteiger partial charge in [0, 0.05) is 13.1 Å². The van der Waals surface area contributed by atoms with E-state index < -0.39 is 0 Å². The van der Waals surface area contributed by atoms with Crippen LogP contribution in [0.5, 0.6) is 0 Å². The largest absolute Gasteiger partial charge is 0.462 e. The van der Waals surface area contributed by atoms with Crippen LogP contribution in [-0.4, -0.2) is 25.7 Å². The molecule has 0 bridgehead atoms. The number of nitrogens with two attached hydrogens (primary N) is 1. The average Bonchev–Trinajstić information content (AvgIpc) is 2.47. The first kappa shape index (κ1) is 15.7. The van der Waals surface area contributed by atoms with E-state index in [1.54, 1.807) is 19.1 Å². The van der Waals surface area contributed by atoms with E-state index in [9.17, 15) is 4.79 Å². The number of nitrogen functional groups attached to an aromatic ring is 1. The number of benzene rings is 1. The zero-order chi connectivity index (χ0) is 15.4. The van der Waals surface area contributed by atoms with E-state index in [4.69, 9.17) is 10.5 Å². The molecule has 1 aliphatic heterocycles. The molecular weight excluding hydrogens is 264 g/mol. The molecule has 0 aliphatic carbocycles. The molecule has 1 aliphatic rings. The van der Waals surface area contributed by atoms with Crippen molar-refractivity contribution < 1.29 is 9.53 Å². The number of hydrogen-bond acceptors (Lipinski definition) is 4. The third kappa shape index (κ3) is 3.69. The fourth-order valence-corrected chi connectivity index (χ4v) is 2.99. The van der Waals surface area contributed by atoms with Crippen molar-refractivity contribution in [2.24, 2.45) is 11.8 Å².